The molecule has 0 saturated carbocycles. The lowest BCUT2D eigenvalue weighted by molar-refractivity contribution is -0.00592. The summed E-state index contributed by atoms with van der Waals surface area (Å²) in [5.74, 6) is -0.247. The molecule has 5 nitrogen and oxygen atoms in total. The molecule has 0 bridgehead atoms. The molecule has 9 heteroatoms. The van der Waals surface area contributed by atoms with Gasteiger partial charge in [0.05, 0.1) is 22.8 Å². The Bertz CT molecular complexity index is 886. The predicted octanol–water partition coefficient (Wildman–Crippen LogP) is 5.77. The molecule has 0 aliphatic heterocycles. The van der Waals surface area contributed by atoms with E-state index < -0.39 is 0 Å². The van der Waals surface area contributed by atoms with E-state index in [1.54, 1.807) is 0 Å². The van der Waals surface area contributed by atoms with E-state index in [1.807, 2.05) is 24.3 Å². The number of halogens is 4. The lowest BCUT2D eigenvalue weighted by Gasteiger charge is -2.07. The van der Waals surface area contributed by atoms with Gasteiger partial charge in [0.15, 0.2) is 0 Å². The fourth-order valence-corrected chi connectivity index (χ4v) is 3.01. The predicted molar refractivity (Wildman–Crippen MR) is 102 cm³/mol. The van der Waals surface area contributed by atoms with E-state index in [2.05, 4.69) is 20.1 Å². The molecule has 0 amide bonds. The minimum Gasteiger partial charge on any atom is -0.462 e. The largest absolute Gasteiger partial charge is 0.462 e. The summed E-state index contributed by atoms with van der Waals surface area (Å²) in [6.45, 7) is 0.448. The molecule has 1 heterocycles. The summed E-state index contributed by atoms with van der Waals surface area (Å²) in [4.78, 5) is 7.74. The Morgan fingerprint density at radius 3 is 2.26 bits per heavy atom. The standard InChI is InChI=1S/C18H13Cl3FN3O2/c19-13-5-3-11(4-6-13)2-1-7-26-18-23-10-16(24-25-18)12-8-14(20)17(27-22)15(21)9-12/h3-6,8-10H,1-2,7H2. The van der Waals surface area contributed by atoms with Gasteiger partial charge in [0.25, 0.3) is 0 Å². The van der Waals surface area contributed by atoms with Crippen LogP contribution in [0.15, 0.2) is 42.6 Å². The van der Waals surface area contributed by atoms with Crippen molar-refractivity contribution in [2.45, 2.75) is 12.8 Å². The van der Waals surface area contributed by atoms with Gasteiger partial charge in [-0.15, -0.1) is 5.10 Å². The minimum absolute atomic E-state index is 0.0179. The van der Waals surface area contributed by atoms with Gasteiger partial charge in [-0.1, -0.05) is 52.0 Å². The number of benzene rings is 2. The van der Waals surface area contributed by atoms with Crippen LogP contribution in [0, 0.1) is 0 Å². The summed E-state index contributed by atoms with van der Waals surface area (Å²) in [6.07, 6.45) is 3.12. The maximum absolute atomic E-state index is 12.4. The van der Waals surface area contributed by atoms with E-state index in [4.69, 9.17) is 39.5 Å². The molecule has 27 heavy (non-hydrogen) atoms. The zero-order chi connectivity index (χ0) is 19.2. The maximum Gasteiger partial charge on any atom is 0.335 e. The van der Waals surface area contributed by atoms with Gasteiger partial charge < -0.3 is 4.74 Å². The van der Waals surface area contributed by atoms with Crippen molar-refractivity contribution in [2.75, 3.05) is 6.61 Å². The summed E-state index contributed by atoms with van der Waals surface area (Å²) in [5, 5.41) is 8.70. The highest BCUT2D eigenvalue weighted by Gasteiger charge is 2.13. The molecule has 0 unspecified atom stereocenters. The monoisotopic (exact) mass is 427 g/mol. The molecule has 2 aromatic carbocycles. The van der Waals surface area contributed by atoms with Crippen LogP contribution in [0.1, 0.15) is 12.0 Å². The zero-order valence-electron chi connectivity index (χ0n) is 13.8. The summed E-state index contributed by atoms with van der Waals surface area (Å²) >= 11 is 17.7. The Hall–Kier alpha value is -2.15. The van der Waals surface area contributed by atoms with E-state index in [1.165, 1.54) is 23.9 Å². The van der Waals surface area contributed by atoms with Gasteiger partial charge in [0, 0.05) is 15.1 Å². The number of rotatable bonds is 7. The molecule has 0 saturated heterocycles. The normalized spacial score (nSPS) is 10.7. The Morgan fingerprint density at radius 2 is 1.67 bits per heavy atom. The summed E-state index contributed by atoms with van der Waals surface area (Å²) < 4.78 is 17.9. The summed E-state index contributed by atoms with van der Waals surface area (Å²) in [7, 11) is 0. The molecule has 1 aromatic heterocycles. The second-order valence-electron chi connectivity index (χ2n) is 5.55. The topological polar surface area (TPSA) is 57.1 Å². The third-order valence-corrected chi connectivity index (χ3v) is 4.48. The fraction of sp³-hybridized carbons (Fsp3) is 0.167. The molecule has 0 aliphatic carbocycles. The lowest BCUT2D eigenvalue weighted by Crippen LogP contribution is -2.04. The first-order chi connectivity index (χ1) is 13.1. The van der Waals surface area contributed by atoms with Crippen LogP contribution in [-0.2, 0) is 6.42 Å². The van der Waals surface area contributed by atoms with Gasteiger partial charge >= 0.3 is 6.01 Å². The van der Waals surface area contributed by atoms with Gasteiger partial charge in [0.1, 0.15) is 5.69 Å². The molecule has 0 fully saturated rings. The van der Waals surface area contributed by atoms with Crippen molar-refractivity contribution >= 4 is 34.8 Å². The molecule has 3 aromatic rings. The Balaban J connectivity index is 1.56. The van der Waals surface area contributed by atoms with Crippen molar-refractivity contribution in [1.82, 2.24) is 15.2 Å². The number of hydrogen-bond acceptors (Lipinski definition) is 5. The van der Waals surface area contributed by atoms with Gasteiger partial charge in [-0.05, 0) is 42.7 Å². The fourth-order valence-electron chi connectivity index (χ4n) is 2.34. The maximum atomic E-state index is 12.4. The highest BCUT2D eigenvalue weighted by molar-refractivity contribution is 6.37. The lowest BCUT2D eigenvalue weighted by atomic mass is 10.1. The van der Waals surface area contributed by atoms with Crippen LogP contribution < -0.4 is 9.68 Å². The van der Waals surface area contributed by atoms with Crippen molar-refractivity contribution in [1.29, 1.82) is 0 Å². The van der Waals surface area contributed by atoms with E-state index in [0.717, 1.165) is 12.8 Å². The smallest absolute Gasteiger partial charge is 0.335 e. The van der Waals surface area contributed by atoms with Gasteiger partial charge in [-0.3, -0.25) is 4.94 Å². The van der Waals surface area contributed by atoms with Crippen molar-refractivity contribution in [2.24, 2.45) is 0 Å². The summed E-state index contributed by atoms with van der Waals surface area (Å²) in [5.41, 5.74) is 2.12. The summed E-state index contributed by atoms with van der Waals surface area (Å²) in [6, 6.07) is 10.7. The molecule has 0 spiro atoms. The quantitative estimate of drug-likeness (QED) is 0.447. The van der Waals surface area contributed by atoms with Crippen molar-refractivity contribution in [3.05, 3.63) is 63.2 Å². The molecule has 0 atom stereocenters. The van der Waals surface area contributed by atoms with Gasteiger partial charge in [-0.2, -0.15) is 0 Å². The molecule has 0 N–H and O–H groups in total. The average Bonchev–Trinajstić information content (AvgIpc) is 2.67. The second-order valence-corrected chi connectivity index (χ2v) is 6.80. The van der Waals surface area contributed by atoms with Crippen LogP contribution in [0.25, 0.3) is 11.3 Å². The number of aryl methyl sites for hydroxylation is 1. The van der Waals surface area contributed by atoms with Crippen LogP contribution in [-0.4, -0.2) is 21.8 Å². The van der Waals surface area contributed by atoms with Gasteiger partial charge in [-0.25, -0.2) is 4.98 Å². The van der Waals surface area contributed by atoms with Crippen molar-refractivity contribution in [3.63, 3.8) is 0 Å². The van der Waals surface area contributed by atoms with E-state index >= 15 is 0 Å². The first kappa shape index (κ1) is 19.6. The molecular weight excluding hydrogens is 416 g/mol. The number of hydrogen-bond donors (Lipinski definition) is 0. The Kier molecular flexibility index (Phi) is 6.66. The minimum atomic E-state index is -0.247. The molecule has 3 rings (SSSR count). The molecular formula is C18H13Cl3FN3O2. The van der Waals surface area contributed by atoms with Crippen LogP contribution in [0.5, 0.6) is 11.8 Å². The third kappa shape index (κ3) is 5.19. The van der Waals surface area contributed by atoms with Crippen LogP contribution in [0.3, 0.4) is 0 Å². The first-order valence-electron chi connectivity index (χ1n) is 7.92. The van der Waals surface area contributed by atoms with E-state index in [0.29, 0.717) is 22.9 Å². The second kappa shape index (κ2) is 9.17. The number of ether oxygens (including phenoxy) is 1. The van der Waals surface area contributed by atoms with Crippen molar-refractivity contribution in [3.8, 4) is 23.0 Å². The van der Waals surface area contributed by atoms with Gasteiger partial charge in [0.2, 0.25) is 5.75 Å². The number of nitrogens with zero attached hydrogens (tertiary/aromatic N) is 3. The van der Waals surface area contributed by atoms with Crippen LogP contribution >= 0.6 is 34.8 Å². The SMILES string of the molecule is FOc1c(Cl)cc(-c2cnc(OCCCc3ccc(Cl)cc3)nn2)cc1Cl. The Labute approximate surface area is 169 Å². The highest BCUT2D eigenvalue weighted by Crippen LogP contribution is 2.37. The number of aromatic nitrogens is 3. The molecule has 0 aliphatic rings. The van der Waals surface area contributed by atoms with Crippen LogP contribution in [0.4, 0.5) is 4.53 Å². The third-order valence-electron chi connectivity index (χ3n) is 3.67. The first-order valence-corrected chi connectivity index (χ1v) is 9.05. The highest BCUT2D eigenvalue weighted by atomic mass is 35.5. The molecule has 0 radical (unpaired) electrons. The average molecular weight is 429 g/mol. The van der Waals surface area contributed by atoms with Crippen molar-refractivity contribution < 1.29 is 14.2 Å². The van der Waals surface area contributed by atoms with E-state index in [-0.39, 0.29) is 21.8 Å². The zero-order valence-corrected chi connectivity index (χ0v) is 16.1. The Morgan fingerprint density at radius 1 is 0.963 bits per heavy atom. The van der Waals surface area contributed by atoms with E-state index in [9.17, 15) is 4.53 Å². The molecule has 140 valence electrons. The van der Waals surface area contributed by atoms with Crippen LogP contribution in [0.2, 0.25) is 15.1 Å².